The van der Waals surface area contributed by atoms with Crippen LogP contribution >= 0.6 is 15.9 Å². The number of nitrogens with zero attached hydrogens (tertiary/aromatic N) is 1. The van der Waals surface area contributed by atoms with Crippen LogP contribution in [0.3, 0.4) is 0 Å². The van der Waals surface area contributed by atoms with E-state index in [1.807, 2.05) is 37.4 Å². The summed E-state index contributed by atoms with van der Waals surface area (Å²) >= 11 is 3.29. The summed E-state index contributed by atoms with van der Waals surface area (Å²) in [6.07, 6.45) is 2.80. The molecule has 0 radical (unpaired) electrons. The van der Waals surface area contributed by atoms with Crippen molar-refractivity contribution in [3.05, 3.63) is 63.6 Å². The summed E-state index contributed by atoms with van der Waals surface area (Å²) in [6, 6.07) is 8.95. The Morgan fingerprint density at radius 2 is 2.10 bits per heavy atom. The Morgan fingerprint density at radius 1 is 1.30 bits per heavy atom. The Bertz CT molecular complexity index is 569. The van der Waals surface area contributed by atoms with Crippen molar-refractivity contribution in [1.82, 2.24) is 10.3 Å². The standard InChI is InChI=1S/C16H18BrFN2/c1-3-8-19-16(12-5-4-11(2)20-10-12)14-7-6-13(17)9-15(14)18/h4-7,9-10,16,19H,3,8H2,1-2H3. The maximum Gasteiger partial charge on any atom is 0.129 e. The van der Waals surface area contributed by atoms with Crippen molar-refractivity contribution in [3.8, 4) is 0 Å². The molecule has 0 fully saturated rings. The molecule has 0 aliphatic heterocycles. The van der Waals surface area contributed by atoms with Gasteiger partial charge in [-0.25, -0.2) is 4.39 Å². The molecule has 1 N–H and O–H groups in total. The quantitative estimate of drug-likeness (QED) is 0.876. The number of rotatable bonds is 5. The molecule has 20 heavy (non-hydrogen) atoms. The molecule has 106 valence electrons. The number of pyridine rings is 1. The molecule has 2 rings (SSSR count). The fraction of sp³-hybridized carbons (Fsp3) is 0.312. The number of aryl methyl sites for hydroxylation is 1. The van der Waals surface area contributed by atoms with E-state index in [1.165, 1.54) is 6.07 Å². The predicted molar refractivity (Wildman–Crippen MR) is 83.2 cm³/mol. The van der Waals surface area contributed by atoms with Gasteiger partial charge in [0.05, 0.1) is 6.04 Å². The van der Waals surface area contributed by atoms with Gasteiger partial charge in [0.15, 0.2) is 0 Å². The van der Waals surface area contributed by atoms with Crippen LogP contribution in [0.1, 0.15) is 36.2 Å². The van der Waals surface area contributed by atoms with Crippen LogP contribution in [0.5, 0.6) is 0 Å². The van der Waals surface area contributed by atoms with Crippen molar-refractivity contribution in [2.75, 3.05) is 6.54 Å². The lowest BCUT2D eigenvalue weighted by atomic mass is 9.99. The third-order valence-corrected chi connectivity index (χ3v) is 3.63. The van der Waals surface area contributed by atoms with E-state index in [9.17, 15) is 4.39 Å². The van der Waals surface area contributed by atoms with E-state index in [2.05, 4.69) is 33.2 Å². The Hall–Kier alpha value is -1.26. The van der Waals surface area contributed by atoms with E-state index in [0.717, 1.165) is 28.7 Å². The van der Waals surface area contributed by atoms with Gasteiger partial charge in [-0.1, -0.05) is 35.0 Å². The highest BCUT2D eigenvalue weighted by atomic mass is 79.9. The zero-order chi connectivity index (χ0) is 14.5. The Morgan fingerprint density at radius 3 is 2.70 bits per heavy atom. The number of hydrogen-bond donors (Lipinski definition) is 1. The molecule has 0 saturated heterocycles. The van der Waals surface area contributed by atoms with Crippen LogP contribution in [0.2, 0.25) is 0 Å². The Balaban J connectivity index is 2.38. The van der Waals surface area contributed by atoms with Gasteiger partial charge in [-0.15, -0.1) is 0 Å². The van der Waals surface area contributed by atoms with Gasteiger partial charge in [-0.05, 0) is 43.7 Å². The molecule has 0 aliphatic carbocycles. The van der Waals surface area contributed by atoms with Crippen molar-refractivity contribution in [1.29, 1.82) is 0 Å². The Kier molecular flexibility index (Phi) is 5.26. The lowest BCUT2D eigenvalue weighted by Crippen LogP contribution is -2.24. The third-order valence-electron chi connectivity index (χ3n) is 3.14. The molecule has 1 aromatic heterocycles. The van der Waals surface area contributed by atoms with Gasteiger partial charge in [-0.2, -0.15) is 0 Å². The summed E-state index contributed by atoms with van der Waals surface area (Å²) < 4.78 is 14.9. The average molecular weight is 337 g/mol. The van der Waals surface area contributed by atoms with Gasteiger partial charge in [-0.3, -0.25) is 4.98 Å². The summed E-state index contributed by atoms with van der Waals surface area (Å²) in [5.41, 5.74) is 2.58. The minimum absolute atomic E-state index is 0.170. The van der Waals surface area contributed by atoms with Gasteiger partial charge in [0, 0.05) is 21.9 Å². The highest BCUT2D eigenvalue weighted by molar-refractivity contribution is 9.10. The number of benzene rings is 1. The van der Waals surface area contributed by atoms with E-state index >= 15 is 0 Å². The molecule has 0 saturated carbocycles. The van der Waals surface area contributed by atoms with Gasteiger partial charge in [0.25, 0.3) is 0 Å². The van der Waals surface area contributed by atoms with Crippen molar-refractivity contribution >= 4 is 15.9 Å². The second kappa shape index (κ2) is 6.95. The highest BCUT2D eigenvalue weighted by Crippen LogP contribution is 2.26. The largest absolute Gasteiger partial charge is 0.306 e. The van der Waals surface area contributed by atoms with E-state index in [0.29, 0.717) is 5.56 Å². The number of hydrogen-bond acceptors (Lipinski definition) is 2. The van der Waals surface area contributed by atoms with Crippen molar-refractivity contribution < 1.29 is 4.39 Å². The fourth-order valence-electron chi connectivity index (χ4n) is 2.08. The van der Waals surface area contributed by atoms with Crippen LogP contribution in [0, 0.1) is 12.7 Å². The Labute approximate surface area is 127 Å². The summed E-state index contributed by atoms with van der Waals surface area (Å²) in [7, 11) is 0. The van der Waals surface area contributed by atoms with Gasteiger partial charge in [0.1, 0.15) is 5.82 Å². The molecule has 1 atom stereocenters. The second-order valence-corrected chi connectivity index (χ2v) is 5.70. The van der Waals surface area contributed by atoms with Crippen LogP contribution in [-0.2, 0) is 0 Å². The van der Waals surface area contributed by atoms with Crippen molar-refractivity contribution in [2.45, 2.75) is 26.3 Å². The van der Waals surface area contributed by atoms with Gasteiger partial charge >= 0.3 is 0 Å². The maximum absolute atomic E-state index is 14.2. The average Bonchev–Trinajstić information content (AvgIpc) is 2.42. The number of halogens is 2. The van der Waals surface area contributed by atoms with Gasteiger partial charge < -0.3 is 5.32 Å². The summed E-state index contributed by atoms with van der Waals surface area (Å²) in [6.45, 7) is 4.86. The van der Waals surface area contributed by atoms with E-state index in [-0.39, 0.29) is 11.9 Å². The first kappa shape index (κ1) is 15.1. The molecule has 1 aromatic carbocycles. The lowest BCUT2D eigenvalue weighted by Gasteiger charge is -2.20. The van der Waals surface area contributed by atoms with Gasteiger partial charge in [0.2, 0.25) is 0 Å². The molecule has 1 heterocycles. The molecule has 4 heteroatoms. The summed E-state index contributed by atoms with van der Waals surface area (Å²) in [5.74, 6) is -0.214. The molecular weight excluding hydrogens is 319 g/mol. The molecule has 2 nitrogen and oxygen atoms in total. The smallest absolute Gasteiger partial charge is 0.129 e. The van der Waals surface area contributed by atoms with E-state index < -0.39 is 0 Å². The molecule has 0 bridgehead atoms. The van der Waals surface area contributed by atoms with Crippen LogP contribution < -0.4 is 5.32 Å². The third kappa shape index (κ3) is 3.64. The normalized spacial score (nSPS) is 12.4. The first-order valence-electron chi connectivity index (χ1n) is 6.72. The topological polar surface area (TPSA) is 24.9 Å². The summed E-state index contributed by atoms with van der Waals surface area (Å²) in [4.78, 5) is 4.31. The first-order valence-corrected chi connectivity index (χ1v) is 7.52. The SMILES string of the molecule is CCCNC(c1ccc(C)nc1)c1ccc(Br)cc1F. The molecule has 1 unspecified atom stereocenters. The van der Waals surface area contributed by atoms with Crippen LogP contribution in [0.25, 0.3) is 0 Å². The molecular formula is C16H18BrFN2. The van der Waals surface area contributed by atoms with Crippen LogP contribution in [0.4, 0.5) is 4.39 Å². The highest BCUT2D eigenvalue weighted by Gasteiger charge is 2.17. The zero-order valence-electron chi connectivity index (χ0n) is 11.7. The van der Waals surface area contributed by atoms with Crippen LogP contribution in [-0.4, -0.2) is 11.5 Å². The van der Waals surface area contributed by atoms with Crippen molar-refractivity contribution in [3.63, 3.8) is 0 Å². The molecule has 0 aliphatic rings. The zero-order valence-corrected chi connectivity index (χ0v) is 13.2. The number of aromatic nitrogens is 1. The van der Waals surface area contributed by atoms with E-state index in [1.54, 1.807) is 0 Å². The predicted octanol–water partition coefficient (Wildman–Crippen LogP) is 4.38. The molecule has 0 amide bonds. The first-order chi connectivity index (χ1) is 9.61. The lowest BCUT2D eigenvalue weighted by molar-refractivity contribution is 0.545. The minimum Gasteiger partial charge on any atom is -0.306 e. The maximum atomic E-state index is 14.2. The second-order valence-electron chi connectivity index (χ2n) is 4.79. The molecule has 2 aromatic rings. The fourth-order valence-corrected chi connectivity index (χ4v) is 2.41. The molecule has 0 spiro atoms. The monoisotopic (exact) mass is 336 g/mol. The van der Waals surface area contributed by atoms with E-state index in [4.69, 9.17) is 0 Å². The minimum atomic E-state index is -0.214. The number of nitrogens with one attached hydrogen (secondary N) is 1. The van der Waals surface area contributed by atoms with Crippen LogP contribution in [0.15, 0.2) is 41.0 Å². The summed E-state index contributed by atoms with van der Waals surface area (Å²) in [5, 5.41) is 3.39. The van der Waals surface area contributed by atoms with Crippen molar-refractivity contribution in [2.24, 2.45) is 0 Å².